The molecule has 0 N–H and O–H groups in total. The van der Waals surface area contributed by atoms with Gasteiger partial charge in [0.15, 0.2) is 11.5 Å². The van der Waals surface area contributed by atoms with Crippen molar-refractivity contribution in [2.75, 3.05) is 18.2 Å². The normalized spacial score (nSPS) is 17.5. The fourth-order valence-electron chi connectivity index (χ4n) is 3.69. The molecule has 0 aliphatic carbocycles. The van der Waals surface area contributed by atoms with E-state index in [1.54, 1.807) is 0 Å². The lowest BCUT2D eigenvalue weighted by atomic mass is 9.89. The maximum Gasteiger partial charge on any atom is 0.231 e. The second-order valence-electron chi connectivity index (χ2n) is 6.96. The third kappa shape index (κ3) is 2.93. The molecule has 2 aliphatic heterocycles. The molecule has 0 amide bonds. The highest BCUT2D eigenvalue weighted by molar-refractivity contribution is 5.84. The van der Waals surface area contributed by atoms with Gasteiger partial charge in [-0.1, -0.05) is 48.0 Å². The van der Waals surface area contributed by atoms with Crippen LogP contribution < -0.4 is 14.4 Å². The quantitative estimate of drug-likeness (QED) is 0.645. The van der Waals surface area contributed by atoms with E-state index in [0.29, 0.717) is 0 Å². The first-order valence-electron chi connectivity index (χ1n) is 9.14. The maximum absolute atomic E-state index is 5.55. The van der Waals surface area contributed by atoms with Crippen molar-refractivity contribution >= 4 is 17.7 Å². The Morgan fingerprint density at radius 1 is 0.926 bits per heavy atom. The summed E-state index contributed by atoms with van der Waals surface area (Å²) in [5.74, 6) is 1.81. The van der Waals surface area contributed by atoms with Crippen LogP contribution in [0, 0.1) is 6.92 Å². The summed E-state index contributed by atoms with van der Waals surface area (Å²) in [5, 5.41) is 0. The van der Waals surface area contributed by atoms with Gasteiger partial charge in [-0.15, -0.1) is 0 Å². The Bertz CT molecular complexity index is 1010. The Kier molecular flexibility index (Phi) is 3.82. The van der Waals surface area contributed by atoms with Gasteiger partial charge in [0, 0.05) is 24.2 Å². The molecule has 1 unspecified atom stereocenters. The lowest BCUT2D eigenvalue weighted by molar-refractivity contribution is 0.174. The van der Waals surface area contributed by atoms with Gasteiger partial charge in [0.1, 0.15) is 0 Å². The Morgan fingerprint density at radius 2 is 1.74 bits per heavy atom. The van der Waals surface area contributed by atoms with Crippen LogP contribution in [0.15, 0.2) is 71.7 Å². The van der Waals surface area contributed by atoms with Crippen LogP contribution in [-0.2, 0) is 0 Å². The minimum Gasteiger partial charge on any atom is -0.454 e. The van der Waals surface area contributed by atoms with Crippen LogP contribution in [0.4, 0.5) is 11.4 Å². The van der Waals surface area contributed by atoms with E-state index in [-0.39, 0.29) is 12.7 Å². The Hall–Kier alpha value is -3.27. The first kappa shape index (κ1) is 15.9. The predicted octanol–water partition coefficient (Wildman–Crippen LogP) is 5.04. The highest BCUT2D eigenvalue weighted by Gasteiger charge is 2.24. The van der Waals surface area contributed by atoms with Crippen molar-refractivity contribution in [3.63, 3.8) is 0 Å². The molecule has 0 radical (unpaired) electrons. The fraction of sp³-hybridized carbons (Fsp3) is 0.174. The number of rotatable bonds is 2. The molecule has 0 bridgehead atoms. The highest BCUT2D eigenvalue weighted by Crippen LogP contribution is 2.39. The molecule has 134 valence electrons. The molecule has 1 atom stereocenters. The number of fused-ring (bicyclic) bond motifs is 2. The van der Waals surface area contributed by atoms with Crippen molar-refractivity contribution in [2.24, 2.45) is 4.99 Å². The van der Waals surface area contributed by atoms with Crippen LogP contribution in [-0.4, -0.2) is 19.7 Å². The van der Waals surface area contributed by atoms with E-state index in [9.17, 15) is 0 Å². The van der Waals surface area contributed by atoms with E-state index >= 15 is 0 Å². The fourth-order valence-corrected chi connectivity index (χ4v) is 3.69. The summed E-state index contributed by atoms with van der Waals surface area (Å²) >= 11 is 0. The molecule has 0 saturated carbocycles. The summed E-state index contributed by atoms with van der Waals surface area (Å²) in [7, 11) is 0. The highest BCUT2D eigenvalue weighted by atomic mass is 16.7. The molecule has 0 aromatic heterocycles. The summed E-state index contributed by atoms with van der Waals surface area (Å²) in [6.07, 6.45) is 1.92. The first-order chi connectivity index (χ1) is 13.3. The van der Waals surface area contributed by atoms with E-state index in [1.165, 1.54) is 16.7 Å². The van der Waals surface area contributed by atoms with Crippen molar-refractivity contribution in [2.45, 2.75) is 12.8 Å². The summed E-state index contributed by atoms with van der Waals surface area (Å²) in [6.45, 7) is 3.21. The van der Waals surface area contributed by atoms with Crippen LogP contribution in [0.1, 0.15) is 22.6 Å². The van der Waals surface area contributed by atoms with Crippen molar-refractivity contribution < 1.29 is 9.47 Å². The van der Waals surface area contributed by atoms with Crippen LogP contribution in [0.2, 0.25) is 0 Å². The molecule has 0 spiro atoms. The third-order valence-corrected chi connectivity index (χ3v) is 5.20. The molecule has 4 heteroatoms. The van der Waals surface area contributed by atoms with Crippen molar-refractivity contribution in [1.82, 2.24) is 0 Å². The number of nitrogens with zero attached hydrogens (tertiary/aromatic N) is 2. The average Bonchev–Trinajstić information content (AvgIpc) is 3.09. The zero-order valence-corrected chi connectivity index (χ0v) is 15.1. The Labute approximate surface area is 158 Å². The van der Waals surface area contributed by atoms with Crippen LogP contribution in [0.3, 0.4) is 0 Å². The van der Waals surface area contributed by atoms with E-state index in [2.05, 4.69) is 60.4 Å². The number of aliphatic imine (C=N–C) groups is 1. The van der Waals surface area contributed by atoms with Gasteiger partial charge in [0.05, 0.1) is 12.0 Å². The molecule has 3 aromatic rings. The lowest BCUT2D eigenvalue weighted by Gasteiger charge is -2.25. The Morgan fingerprint density at radius 3 is 2.63 bits per heavy atom. The molecule has 2 heterocycles. The molecular weight excluding hydrogens is 336 g/mol. The van der Waals surface area contributed by atoms with Crippen LogP contribution in [0.5, 0.6) is 11.5 Å². The average molecular weight is 356 g/mol. The molecule has 2 aliphatic rings. The zero-order valence-electron chi connectivity index (χ0n) is 15.1. The van der Waals surface area contributed by atoms with Gasteiger partial charge < -0.3 is 14.4 Å². The van der Waals surface area contributed by atoms with Gasteiger partial charge in [-0.05, 0) is 36.2 Å². The largest absolute Gasteiger partial charge is 0.454 e. The van der Waals surface area contributed by atoms with Crippen molar-refractivity contribution in [3.8, 4) is 11.5 Å². The summed E-state index contributed by atoms with van der Waals surface area (Å²) in [5.41, 5.74) is 5.88. The number of aryl methyl sites for hydroxylation is 1. The van der Waals surface area contributed by atoms with Crippen LogP contribution >= 0.6 is 0 Å². The van der Waals surface area contributed by atoms with E-state index in [1.807, 2.05) is 24.5 Å². The van der Waals surface area contributed by atoms with Crippen LogP contribution in [0.25, 0.3) is 0 Å². The second-order valence-corrected chi connectivity index (χ2v) is 6.96. The molecule has 27 heavy (non-hydrogen) atoms. The molecular formula is C23H20N2O2. The minimum absolute atomic E-state index is 0.231. The topological polar surface area (TPSA) is 34.1 Å². The number of anilines is 1. The number of hydrogen-bond donors (Lipinski definition) is 0. The summed E-state index contributed by atoms with van der Waals surface area (Å²) in [4.78, 5) is 6.95. The monoisotopic (exact) mass is 356 g/mol. The van der Waals surface area contributed by atoms with Gasteiger partial charge in [-0.25, -0.2) is 4.99 Å². The lowest BCUT2D eigenvalue weighted by Crippen LogP contribution is -2.26. The summed E-state index contributed by atoms with van der Waals surface area (Å²) in [6, 6.07) is 23.2. The molecule has 0 fully saturated rings. The zero-order chi connectivity index (χ0) is 18.2. The molecule has 4 nitrogen and oxygen atoms in total. The molecule has 5 rings (SSSR count). The number of benzene rings is 3. The van der Waals surface area contributed by atoms with Gasteiger partial charge in [-0.3, -0.25) is 0 Å². The SMILES string of the molecule is Cc1ccc(C2CN(c3ccc4c(c3)OCO4)C=Nc3ccccc32)cc1. The first-order valence-corrected chi connectivity index (χ1v) is 9.14. The number of para-hydroxylation sites is 1. The Balaban J connectivity index is 1.57. The molecule has 0 saturated heterocycles. The molecule has 3 aromatic carbocycles. The third-order valence-electron chi connectivity index (χ3n) is 5.20. The van der Waals surface area contributed by atoms with Crippen molar-refractivity contribution in [3.05, 3.63) is 83.4 Å². The maximum atomic E-state index is 5.55. The van der Waals surface area contributed by atoms with Gasteiger partial charge in [0.2, 0.25) is 6.79 Å². The van der Waals surface area contributed by atoms with Gasteiger partial charge >= 0.3 is 0 Å². The smallest absolute Gasteiger partial charge is 0.231 e. The second kappa shape index (κ2) is 6.47. The number of ether oxygens (including phenoxy) is 2. The van der Waals surface area contributed by atoms with E-state index < -0.39 is 0 Å². The van der Waals surface area contributed by atoms with Gasteiger partial charge in [-0.2, -0.15) is 0 Å². The van der Waals surface area contributed by atoms with E-state index in [0.717, 1.165) is 29.4 Å². The summed E-state index contributed by atoms with van der Waals surface area (Å²) < 4.78 is 11.0. The minimum atomic E-state index is 0.231. The van der Waals surface area contributed by atoms with E-state index in [4.69, 9.17) is 14.5 Å². The predicted molar refractivity (Wildman–Crippen MR) is 108 cm³/mol. The van der Waals surface area contributed by atoms with Gasteiger partial charge in [0.25, 0.3) is 0 Å². The van der Waals surface area contributed by atoms with Crippen molar-refractivity contribution in [1.29, 1.82) is 0 Å². The number of hydrogen-bond acceptors (Lipinski definition) is 4. The standard InChI is InChI=1S/C23H20N2O2/c1-16-6-8-17(9-7-16)20-13-25(14-24-21-5-3-2-4-19(20)21)18-10-11-22-23(12-18)27-15-26-22/h2-12,14,20H,13,15H2,1H3.